The van der Waals surface area contributed by atoms with Crippen LogP contribution in [0.15, 0.2) is 41.3 Å². The van der Waals surface area contributed by atoms with Gasteiger partial charge >= 0.3 is 0 Å². The number of pyridine rings is 1. The Morgan fingerprint density at radius 2 is 2.06 bits per heavy atom. The van der Waals surface area contributed by atoms with Gasteiger partial charge in [0.2, 0.25) is 0 Å². The van der Waals surface area contributed by atoms with E-state index in [1.54, 1.807) is 16.9 Å². The number of aliphatic hydroxyl groups is 1. The number of nitrogens with zero attached hydrogens (tertiary/aromatic N) is 3. The van der Waals surface area contributed by atoms with Crippen molar-refractivity contribution in [2.24, 2.45) is 11.3 Å². The van der Waals surface area contributed by atoms with Gasteiger partial charge < -0.3 is 20.1 Å². The molecule has 2 unspecified atom stereocenters. The van der Waals surface area contributed by atoms with Gasteiger partial charge in [0.25, 0.3) is 5.56 Å². The molecule has 8 heteroatoms. The summed E-state index contributed by atoms with van der Waals surface area (Å²) in [7, 11) is 0. The topological polar surface area (TPSA) is 116 Å². The van der Waals surface area contributed by atoms with Crippen LogP contribution in [0.3, 0.4) is 0 Å². The van der Waals surface area contributed by atoms with Gasteiger partial charge in [-0.25, -0.2) is 0 Å². The van der Waals surface area contributed by atoms with Crippen molar-refractivity contribution < 1.29 is 9.84 Å². The molecular weight excluding hydrogens is 430 g/mol. The van der Waals surface area contributed by atoms with Crippen molar-refractivity contribution in [3.63, 3.8) is 0 Å². The highest BCUT2D eigenvalue weighted by atomic mass is 16.5. The number of hydrogen-bond donors (Lipinski definition) is 3. The van der Waals surface area contributed by atoms with Crippen LogP contribution in [0.2, 0.25) is 0 Å². The quantitative estimate of drug-likeness (QED) is 0.532. The molecule has 2 aromatic heterocycles. The molecule has 5 rings (SSSR count). The predicted molar refractivity (Wildman–Crippen MR) is 130 cm³/mol. The van der Waals surface area contributed by atoms with Crippen LogP contribution < -0.4 is 10.9 Å². The first-order chi connectivity index (χ1) is 16.3. The Balaban J connectivity index is 1.47. The minimum Gasteiger partial charge on any atom is -0.385 e. The zero-order chi connectivity index (χ0) is 23.9. The van der Waals surface area contributed by atoms with E-state index >= 15 is 0 Å². The van der Waals surface area contributed by atoms with Gasteiger partial charge in [-0.2, -0.15) is 10.4 Å². The van der Waals surface area contributed by atoms with Crippen molar-refractivity contribution >= 4 is 22.4 Å². The van der Waals surface area contributed by atoms with E-state index in [0.717, 1.165) is 36.9 Å². The molecule has 0 bridgehead atoms. The number of fused-ring (bicyclic) bond motifs is 1. The molecule has 178 valence electrons. The number of nitrogens with one attached hydrogen (secondary N) is 2. The van der Waals surface area contributed by atoms with E-state index in [9.17, 15) is 15.2 Å². The normalized spacial score (nSPS) is 26.8. The van der Waals surface area contributed by atoms with Gasteiger partial charge in [-0.3, -0.25) is 9.48 Å². The molecule has 3 atom stereocenters. The summed E-state index contributed by atoms with van der Waals surface area (Å²) in [5, 5.41) is 29.4. The molecule has 34 heavy (non-hydrogen) atoms. The van der Waals surface area contributed by atoms with E-state index in [-0.39, 0.29) is 22.9 Å². The number of ether oxygens (including phenoxy) is 1. The minimum absolute atomic E-state index is 0.112. The second-order valence-electron chi connectivity index (χ2n) is 10.5. The third kappa shape index (κ3) is 4.10. The van der Waals surface area contributed by atoms with Crippen LogP contribution in [0.5, 0.6) is 0 Å². The van der Waals surface area contributed by atoms with Crippen LogP contribution in [0.25, 0.3) is 10.9 Å². The molecule has 3 aromatic rings. The molecule has 0 spiro atoms. The van der Waals surface area contributed by atoms with E-state index in [1.807, 2.05) is 24.3 Å². The largest absolute Gasteiger partial charge is 0.385 e. The van der Waals surface area contributed by atoms with Gasteiger partial charge in [0.15, 0.2) is 5.82 Å². The lowest BCUT2D eigenvalue weighted by Gasteiger charge is -2.42. The maximum atomic E-state index is 12.7. The maximum absolute atomic E-state index is 12.7. The Kier molecular flexibility index (Phi) is 5.70. The number of aromatic amines is 1. The van der Waals surface area contributed by atoms with Crippen molar-refractivity contribution in [1.82, 2.24) is 14.8 Å². The van der Waals surface area contributed by atoms with E-state index in [2.05, 4.69) is 30.2 Å². The average molecular weight is 462 g/mol. The summed E-state index contributed by atoms with van der Waals surface area (Å²) in [5.74, 6) is 0.202. The highest BCUT2D eigenvalue weighted by Crippen LogP contribution is 2.46. The molecule has 3 heterocycles. The number of anilines is 2. The lowest BCUT2D eigenvalue weighted by molar-refractivity contribution is -0.0440. The van der Waals surface area contributed by atoms with Crippen molar-refractivity contribution in [1.29, 1.82) is 5.26 Å². The van der Waals surface area contributed by atoms with E-state index in [4.69, 9.17) is 9.84 Å². The van der Waals surface area contributed by atoms with Crippen LogP contribution in [0.4, 0.5) is 11.5 Å². The summed E-state index contributed by atoms with van der Waals surface area (Å²) in [5.41, 5.74) is 1.40. The van der Waals surface area contributed by atoms with Crippen molar-refractivity contribution in [2.45, 2.75) is 57.6 Å². The molecule has 3 N–H and O–H groups in total. The van der Waals surface area contributed by atoms with Crippen molar-refractivity contribution in [3.8, 4) is 6.07 Å². The molecule has 1 aliphatic carbocycles. The highest BCUT2D eigenvalue weighted by Gasteiger charge is 2.39. The first kappa shape index (κ1) is 22.6. The summed E-state index contributed by atoms with van der Waals surface area (Å²) >= 11 is 0. The summed E-state index contributed by atoms with van der Waals surface area (Å²) in [4.78, 5) is 15.5. The first-order valence-corrected chi connectivity index (χ1v) is 12.0. The number of nitriles is 1. The molecule has 1 aromatic carbocycles. The predicted octanol–water partition coefficient (Wildman–Crippen LogP) is 4.36. The molecule has 0 amide bonds. The number of benzene rings is 1. The summed E-state index contributed by atoms with van der Waals surface area (Å²) in [6.45, 7) is 5.35. The smallest absolute Gasteiger partial charge is 0.261 e. The van der Waals surface area contributed by atoms with Crippen LogP contribution >= 0.6 is 0 Å². The fraction of sp³-hybridized carbons (Fsp3) is 0.500. The third-order valence-electron chi connectivity index (χ3n) is 7.34. The third-order valence-corrected chi connectivity index (χ3v) is 7.34. The van der Waals surface area contributed by atoms with Crippen molar-refractivity contribution in [2.75, 3.05) is 18.5 Å². The fourth-order valence-corrected chi connectivity index (χ4v) is 5.63. The van der Waals surface area contributed by atoms with E-state index < -0.39 is 5.60 Å². The molecule has 1 saturated carbocycles. The number of rotatable bonds is 4. The van der Waals surface area contributed by atoms with Gasteiger partial charge in [-0.15, -0.1) is 0 Å². The van der Waals surface area contributed by atoms with E-state index in [0.29, 0.717) is 36.4 Å². The van der Waals surface area contributed by atoms with Crippen LogP contribution in [-0.2, 0) is 10.3 Å². The molecular formula is C26H31N5O3. The van der Waals surface area contributed by atoms with E-state index in [1.165, 1.54) is 0 Å². The fourth-order valence-electron chi connectivity index (χ4n) is 5.63. The number of hydrogen-bond acceptors (Lipinski definition) is 6. The second kappa shape index (κ2) is 8.57. The zero-order valence-electron chi connectivity index (χ0n) is 19.7. The van der Waals surface area contributed by atoms with Gasteiger partial charge in [0, 0.05) is 18.5 Å². The summed E-state index contributed by atoms with van der Waals surface area (Å²) in [6.07, 6.45) is 5.86. The van der Waals surface area contributed by atoms with Crippen LogP contribution in [0, 0.1) is 22.7 Å². The monoisotopic (exact) mass is 461 g/mol. The maximum Gasteiger partial charge on any atom is 0.261 e. The molecule has 1 aliphatic heterocycles. The summed E-state index contributed by atoms with van der Waals surface area (Å²) < 4.78 is 7.38. The van der Waals surface area contributed by atoms with Crippen LogP contribution in [-0.4, -0.2) is 33.1 Å². The first-order valence-electron chi connectivity index (χ1n) is 12.0. The molecule has 1 saturated heterocycles. The molecule has 2 aliphatic rings. The number of H-pyrrole nitrogens is 1. The number of aromatic nitrogens is 3. The van der Waals surface area contributed by atoms with Gasteiger partial charge in [0.1, 0.15) is 5.39 Å². The molecule has 0 radical (unpaired) electrons. The van der Waals surface area contributed by atoms with Gasteiger partial charge in [-0.05, 0) is 61.3 Å². The Morgan fingerprint density at radius 1 is 1.26 bits per heavy atom. The lowest BCUT2D eigenvalue weighted by Crippen LogP contribution is -2.36. The average Bonchev–Trinajstić information content (AvgIpc) is 3.18. The van der Waals surface area contributed by atoms with Crippen molar-refractivity contribution in [3.05, 3.63) is 52.4 Å². The molecule has 8 nitrogen and oxygen atoms in total. The lowest BCUT2D eigenvalue weighted by atomic mass is 9.67. The minimum atomic E-state index is -0.820. The Hall–Kier alpha value is -3.15. The van der Waals surface area contributed by atoms with Gasteiger partial charge in [0.05, 0.1) is 35.8 Å². The second-order valence-corrected chi connectivity index (χ2v) is 10.5. The highest BCUT2D eigenvalue weighted by molar-refractivity contribution is 5.91. The standard InChI is InChI=1S/C26H31N5O3/c1-25(2)10-3-11-26(33,16-25)18-4-6-19(7-5-18)29-23-22-20(8-12-28-24(22)32)31(30-23)21-15-34-13-9-17(21)14-27/h4-8,12,17,21,33H,3,9-11,13,15-16H2,1-2H3,(H,28,32)(H,29,30)/t17-,21?,26?/m1/s1. The zero-order valence-corrected chi connectivity index (χ0v) is 19.7. The Morgan fingerprint density at radius 3 is 2.79 bits per heavy atom. The van der Waals surface area contributed by atoms with Crippen LogP contribution in [0.1, 0.15) is 57.6 Å². The summed E-state index contributed by atoms with van der Waals surface area (Å²) in [6, 6.07) is 11.6. The SMILES string of the molecule is CC1(C)CCCC(O)(c2ccc(Nc3nn(C4COCC[C@@H]4C#N)c4cc[nH]c(=O)c34)cc2)C1. The molecule has 2 fully saturated rings. The Labute approximate surface area is 198 Å². The van der Waals surface area contributed by atoms with Gasteiger partial charge in [-0.1, -0.05) is 26.0 Å². The Bertz CT molecular complexity index is 1290.